The number of nitrogens with one attached hydrogen (secondary N) is 1. The third kappa shape index (κ3) is 7.61. The molecule has 5 rings (SSSR count). The third-order valence-corrected chi connectivity index (χ3v) is 17.4. The highest BCUT2D eigenvalue weighted by atomic mass is 32.2. The Bertz CT molecular complexity index is 1630. The molecule has 6 heteroatoms. The SMILES string of the molecule is CC(C)(C)[S@@](=O)N[C@@H](CP(c1ccccc1)c1ccccc1)c1ccccc1O[Si](c1ccccc1)(c1ccccc1)C(C)(C)C. The van der Waals surface area contributed by atoms with E-state index in [0.717, 1.165) is 17.5 Å². The lowest BCUT2D eigenvalue weighted by Crippen LogP contribution is -2.69. The molecule has 5 aromatic rings. The summed E-state index contributed by atoms with van der Waals surface area (Å²) in [4.78, 5) is 0. The average molecular weight is 664 g/mol. The van der Waals surface area contributed by atoms with Crippen LogP contribution in [0.25, 0.3) is 0 Å². The van der Waals surface area contributed by atoms with Gasteiger partial charge in [-0.25, -0.2) is 8.93 Å². The molecule has 0 saturated heterocycles. The molecule has 0 aliphatic rings. The Morgan fingerprint density at radius 2 is 1.04 bits per heavy atom. The van der Waals surface area contributed by atoms with E-state index in [1.807, 2.05) is 20.8 Å². The van der Waals surface area contributed by atoms with Crippen molar-refractivity contribution >= 4 is 48.2 Å². The second-order valence-corrected chi connectivity index (χ2v) is 22.1. The van der Waals surface area contributed by atoms with Crippen LogP contribution in [-0.2, 0) is 11.0 Å². The van der Waals surface area contributed by atoms with E-state index in [-0.39, 0.29) is 11.1 Å². The molecule has 238 valence electrons. The molecule has 1 N–H and O–H groups in total. The summed E-state index contributed by atoms with van der Waals surface area (Å²) in [6.07, 6.45) is 0.770. The second kappa shape index (κ2) is 14.6. The van der Waals surface area contributed by atoms with Gasteiger partial charge in [-0.05, 0) is 66.9 Å². The minimum atomic E-state index is -2.91. The maximum absolute atomic E-state index is 13.9. The minimum absolute atomic E-state index is 0.194. The van der Waals surface area contributed by atoms with Crippen LogP contribution in [0.2, 0.25) is 5.04 Å². The largest absolute Gasteiger partial charge is 0.534 e. The molecule has 0 saturated carbocycles. The Morgan fingerprint density at radius 3 is 1.48 bits per heavy atom. The summed E-state index contributed by atoms with van der Waals surface area (Å²) in [6.45, 7) is 13.0. The Morgan fingerprint density at radius 1 is 0.630 bits per heavy atom. The van der Waals surface area contributed by atoms with Crippen LogP contribution in [0.3, 0.4) is 0 Å². The van der Waals surface area contributed by atoms with Crippen molar-refractivity contribution in [3.05, 3.63) is 151 Å². The van der Waals surface area contributed by atoms with E-state index in [2.05, 4.69) is 171 Å². The summed E-state index contributed by atoms with van der Waals surface area (Å²) in [7, 11) is -4.99. The summed E-state index contributed by atoms with van der Waals surface area (Å²) in [5.41, 5.74) is 1.03. The summed E-state index contributed by atoms with van der Waals surface area (Å²) in [5, 5.41) is 4.84. The molecule has 0 radical (unpaired) electrons. The van der Waals surface area contributed by atoms with Gasteiger partial charge in [0.1, 0.15) is 5.75 Å². The van der Waals surface area contributed by atoms with E-state index in [1.54, 1.807) is 0 Å². The van der Waals surface area contributed by atoms with Crippen LogP contribution in [-0.4, -0.2) is 23.4 Å². The molecule has 0 bridgehead atoms. The highest BCUT2D eigenvalue weighted by Gasteiger charge is 2.52. The first kappa shape index (κ1) is 34.0. The molecule has 0 spiro atoms. The van der Waals surface area contributed by atoms with Crippen molar-refractivity contribution in [3.8, 4) is 5.75 Å². The van der Waals surface area contributed by atoms with Crippen LogP contribution in [0.5, 0.6) is 5.75 Å². The van der Waals surface area contributed by atoms with Gasteiger partial charge in [-0.2, -0.15) is 0 Å². The van der Waals surface area contributed by atoms with Gasteiger partial charge in [0.2, 0.25) is 0 Å². The zero-order valence-corrected chi connectivity index (χ0v) is 30.5. The summed E-state index contributed by atoms with van der Waals surface area (Å²) in [6, 6.07) is 51.2. The fraction of sp³-hybridized carbons (Fsp3) is 0.250. The fourth-order valence-electron chi connectivity index (χ4n) is 5.94. The molecule has 3 nitrogen and oxygen atoms in total. The molecule has 0 fully saturated rings. The van der Waals surface area contributed by atoms with Crippen LogP contribution in [0.15, 0.2) is 146 Å². The van der Waals surface area contributed by atoms with Gasteiger partial charge in [0.05, 0.1) is 21.8 Å². The molecule has 0 amide bonds. The summed E-state index contributed by atoms with van der Waals surface area (Å²) in [5.74, 6) is 0.844. The van der Waals surface area contributed by atoms with Crippen LogP contribution >= 0.6 is 7.92 Å². The molecule has 2 atom stereocenters. The monoisotopic (exact) mass is 663 g/mol. The van der Waals surface area contributed by atoms with Gasteiger partial charge in [-0.1, -0.05) is 160 Å². The molecule has 46 heavy (non-hydrogen) atoms. The first-order chi connectivity index (χ1) is 22.0. The molecular weight excluding hydrogens is 618 g/mol. The van der Waals surface area contributed by atoms with E-state index < -0.39 is 32.0 Å². The van der Waals surface area contributed by atoms with Crippen molar-refractivity contribution in [1.82, 2.24) is 4.72 Å². The molecule has 0 heterocycles. The number of rotatable bonds is 11. The van der Waals surface area contributed by atoms with Crippen LogP contribution in [0, 0.1) is 0 Å². The first-order valence-corrected chi connectivity index (χ1v) is 20.5. The van der Waals surface area contributed by atoms with Crippen molar-refractivity contribution in [2.75, 3.05) is 6.16 Å². The summed E-state index contributed by atoms with van der Waals surface area (Å²) >= 11 is 0. The fourth-order valence-corrected chi connectivity index (χ4v) is 13.8. The van der Waals surface area contributed by atoms with E-state index >= 15 is 0 Å². The molecule has 5 aromatic carbocycles. The van der Waals surface area contributed by atoms with Gasteiger partial charge >= 0.3 is 8.32 Å². The van der Waals surface area contributed by atoms with Crippen LogP contribution < -0.4 is 30.1 Å². The predicted octanol–water partition coefficient (Wildman–Crippen LogP) is 7.85. The number of hydrogen-bond donors (Lipinski definition) is 1. The van der Waals surface area contributed by atoms with Crippen LogP contribution in [0.4, 0.5) is 0 Å². The van der Waals surface area contributed by atoms with E-state index in [0.29, 0.717) is 0 Å². The smallest absolute Gasteiger partial charge is 0.319 e. The van der Waals surface area contributed by atoms with Gasteiger partial charge in [0, 0.05) is 5.56 Å². The normalized spacial score (nSPS) is 13.7. The molecular formula is C40H46NO2PSSi. The van der Waals surface area contributed by atoms with Gasteiger partial charge in [-0.3, -0.25) is 0 Å². The third-order valence-electron chi connectivity index (χ3n) is 8.28. The first-order valence-electron chi connectivity index (χ1n) is 16.0. The van der Waals surface area contributed by atoms with Crippen molar-refractivity contribution in [2.24, 2.45) is 0 Å². The lowest BCUT2D eigenvalue weighted by molar-refractivity contribution is 0.496. The second-order valence-electron chi connectivity index (χ2n) is 13.6. The standard InChI is InChI=1S/C40H46NO2PSSi/c1-39(2,3)45(42)41-37(31-44(32-21-11-7-12-22-32)33-23-13-8-14-24-33)36-29-19-20-30-38(36)43-46(40(4,5)6,34-25-15-9-16-26-34)35-27-17-10-18-28-35/h7-30,37,41H,31H2,1-6H3/t37-,45+/m0/s1. The maximum Gasteiger partial charge on any atom is 0.319 e. The number of para-hydroxylation sites is 1. The Kier molecular flexibility index (Phi) is 10.8. The Hall–Kier alpha value is -3.34. The zero-order valence-electron chi connectivity index (χ0n) is 27.8. The molecule has 0 aromatic heterocycles. The van der Waals surface area contributed by atoms with Crippen molar-refractivity contribution in [1.29, 1.82) is 0 Å². The number of hydrogen-bond acceptors (Lipinski definition) is 2. The zero-order chi connectivity index (χ0) is 32.8. The van der Waals surface area contributed by atoms with Crippen molar-refractivity contribution in [2.45, 2.75) is 57.4 Å². The van der Waals surface area contributed by atoms with Crippen molar-refractivity contribution in [3.63, 3.8) is 0 Å². The summed E-state index contributed by atoms with van der Waals surface area (Å²) < 4.78 is 24.7. The van der Waals surface area contributed by atoms with E-state index in [9.17, 15) is 4.21 Å². The Balaban J connectivity index is 1.68. The van der Waals surface area contributed by atoms with E-state index in [1.165, 1.54) is 21.0 Å². The minimum Gasteiger partial charge on any atom is -0.534 e. The molecule has 0 unspecified atom stereocenters. The van der Waals surface area contributed by atoms with Crippen molar-refractivity contribution < 1.29 is 8.63 Å². The average Bonchev–Trinajstić information content (AvgIpc) is 3.06. The molecule has 0 aliphatic heterocycles. The Labute approximate surface area is 280 Å². The van der Waals surface area contributed by atoms with Gasteiger partial charge < -0.3 is 4.43 Å². The molecule has 0 aliphatic carbocycles. The lowest BCUT2D eigenvalue weighted by atomic mass is 10.1. The van der Waals surface area contributed by atoms with Crippen LogP contribution in [0.1, 0.15) is 53.1 Å². The van der Waals surface area contributed by atoms with E-state index in [4.69, 9.17) is 4.43 Å². The topological polar surface area (TPSA) is 38.3 Å². The van der Waals surface area contributed by atoms with Gasteiger partial charge in [0.25, 0.3) is 0 Å². The highest BCUT2D eigenvalue weighted by molar-refractivity contribution is 7.84. The highest BCUT2D eigenvalue weighted by Crippen LogP contribution is 2.43. The lowest BCUT2D eigenvalue weighted by Gasteiger charge is -2.43. The number of benzene rings is 5. The van der Waals surface area contributed by atoms with Gasteiger partial charge in [-0.15, -0.1) is 0 Å². The van der Waals surface area contributed by atoms with Gasteiger partial charge in [0.15, 0.2) is 0 Å². The quantitative estimate of drug-likeness (QED) is 0.116. The predicted molar refractivity (Wildman–Crippen MR) is 202 cm³/mol. The maximum atomic E-state index is 13.9.